The molecule has 0 saturated heterocycles. The Balaban J connectivity index is -0.0000000657. The van der Waals surface area contributed by atoms with E-state index in [0.29, 0.717) is 0 Å². The minimum Gasteiger partial charge on any atom is -0.424 e. The van der Waals surface area contributed by atoms with Crippen molar-refractivity contribution >= 4 is 92.7 Å². The summed E-state index contributed by atoms with van der Waals surface area (Å²) in [6.45, 7) is 66.1. The van der Waals surface area contributed by atoms with Crippen molar-refractivity contribution < 1.29 is 57.5 Å². The maximum absolute atomic E-state index is 5.32. The van der Waals surface area contributed by atoms with Crippen LogP contribution in [0.4, 0.5) is 0 Å². The largest absolute Gasteiger partial charge is 0.424 e. The third kappa shape index (κ3) is 130. The minimum atomic E-state index is -1.76. The van der Waals surface area contributed by atoms with Crippen LogP contribution in [0.1, 0.15) is 40.0 Å². The molecule has 0 radical (unpaired) electrons. The first-order chi connectivity index (χ1) is 32.7. The van der Waals surface area contributed by atoms with Gasteiger partial charge in [-0.3, -0.25) is 0 Å². The van der Waals surface area contributed by atoms with Crippen LogP contribution < -0.4 is 0 Å². The van der Waals surface area contributed by atoms with E-state index in [1.54, 1.807) is 64.0 Å². The average Bonchev–Trinajstić information content (AvgIpc) is 3.30. The molecule has 0 aromatic carbocycles. The van der Waals surface area contributed by atoms with Crippen molar-refractivity contribution in [2.45, 2.75) is 228 Å². The van der Waals surface area contributed by atoms with E-state index in [-0.39, 0.29) is 0 Å². The Kier molecular flexibility index (Phi) is 76.7. The van der Waals surface area contributed by atoms with E-state index < -0.39 is 92.7 Å². The first-order valence-corrected chi connectivity index (χ1v) is 60.8. The van der Waals surface area contributed by atoms with Crippen LogP contribution in [0.3, 0.4) is 0 Å². The van der Waals surface area contributed by atoms with Crippen LogP contribution in [0, 0.1) is 7.11 Å². The molecule has 0 saturated carbocycles. The summed E-state index contributed by atoms with van der Waals surface area (Å²) in [5, 5.41) is 0. The second-order valence-electron chi connectivity index (χ2n) is 24.3. The number of rotatable bonds is 20. The topological polar surface area (TPSA) is 120 Å². The number of hydrogen-bond acceptors (Lipinski definition) is 13. The fourth-order valence-electron chi connectivity index (χ4n) is 2.34. The lowest BCUT2D eigenvalue weighted by molar-refractivity contribution is 0.257. The maximum atomic E-state index is 5.32. The first kappa shape index (κ1) is 101. The van der Waals surface area contributed by atoms with Gasteiger partial charge in [-0.1, -0.05) is 59.7 Å². The summed E-state index contributed by atoms with van der Waals surface area (Å²) < 4.78 is 65.8. The van der Waals surface area contributed by atoms with E-state index in [9.17, 15) is 0 Å². The molecular weight excluding hydrogens is 1120 g/mol. The smallest absolute Gasteiger partial charge is 0.391 e. The predicted molar refractivity (Wildman–Crippen MR) is 363 cm³/mol. The van der Waals surface area contributed by atoms with Crippen molar-refractivity contribution in [1.29, 1.82) is 0 Å². The van der Waals surface area contributed by atoms with Crippen LogP contribution >= 0.6 is 0 Å². The molecule has 0 aliphatic rings. The Morgan fingerprint density at radius 2 is 0.486 bits per heavy atom. The quantitative estimate of drug-likeness (QED) is 0.0850. The van der Waals surface area contributed by atoms with Gasteiger partial charge in [-0.15, -0.1) is 12.3 Å². The van der Waals surface area contributed by atoms with Gasteiger partial charge in [0.15, 0.2) is 58.9 Å². The molecule has 0 aromatic rings. The van der Waals surface area contributed by atoms with Gasteiger partial charge in [0, 0.05) is 85.3 Å². The first-order valence-electron chi connectivity index (χ1n) is 26.4. The molecule has 0 spiro atoms. The second kappa shape index (κ2) is 56.3. The zero-order chi connectivity index (χ0) is 62.7. The van der Waals surface area contributed by atoms with Crippen molar-refractivity contribution in [3.8, 4) is 0 Å². The summed E-state index contributed by atoms with van der Waals surface area (Å²) in [6, 6.07) is 3.84. The zero-order valence-corrected chi connectivity index (χ0v) is 69.3. The molecule has 74 heavy (non-hydrogen) atoms. The molecule has 13 nitrogen and oxygen atoms in total. The Morgan fingerprint density at radius 3 is 0.500 bits per heavy atom. The third-order valence-corrected chi connectivity index (χ3v) is 29.8. The van der Waals surface area contributed by atoms with Crippen LogP contribution in [0.2, 0.25) is 188 Å². The van der Waals surface area contributed by atoms with Crippen LogP contribution in [0.15, 0.2) is 12.3 Å². The molecule has 0 aromatic heterocycles. The Morgan fingerprint density at radius 1 is 0.338 bits per heavy atom. The van der Waals surface area contributed by atoms with Gasteiger partial charge in [-0.2, -0.15) is 0 Å². The molecule has 0 amide bonds. The van der Waals surface area contributed by atoms with E-state index in [1.165, 1.54) is 37.4 Å². The minimum absolute atomic E-state index is 0.650. The van der Waals surface area contributed by atoms with Gasteiger partial charge in [0.1, 0.15) is 0 Å². The lowest BCUT2D eigenvalue weighted by atomic mass is 10.6. The van der Waals surface area contributed by atoms with E-state index >= 15 is 0 Å². The molecule has 0 aliphatic heterocycles. The van der Waals surface area contributed by atoms with E-state index in [1.807, 2.05) is 60.6 Å². The molecule has 24 heteroatoms. The normalized spacial score (nSPS) is 11.8. The number of hydrogen-bond donors (Lipinski definition) is 0. The predicted octanol–water partition coefficient (Wildman–Crippen LogP) is 16.9. The molecule has 462 valence electrons. The molecule has 0 unspecified atom stereocenters. The molecule has 0 rings (SSSR count). The van der Waals surface area contributed by atoms with Crippen LogP contribution in [0.5, 0.6) is 0 Å². The summed E-state index contributed by atoms with van der Waals surface area (Å²) in [6.07, 6.45) is 3.77. The lowest BCUT2D eigenvalue weighted by Gasteiger charge is -2.17. The third-order valence-electron chi connectivity index (χ3n) is 9.94. The van der Waals surface area contributed by atoms with Crippen LogP contribution in [-0.2, 0) is 57.5 Å². The van der Waals surface area contributed by atoms with Crippen LogP contribution in [0.25, 0.3) is 0 Å². The van der Waals surface area contributed by atoms with Gasteiger partial charge < -0.3 is 53.1 Å². The summed E-state index contributed by atoms with van der Waals surface area (Å²) in [4.78, 5) is 0. The van der Waals surface area contributed by atoms with Crippen molar-refractivity contribution in [2.24, 2.45) is 0 Å². The molecule has 0 bridgehead atoms. The summed E-state index contributed by atoms with van der Waals surface area (Å²) in [5.41, 5.74) is 2.08. The average molecular weight is 1260 g/mol. The van der Waals surface area contributed by atoms with Gasteiger partial charge >= 0.3 is 25.7 Å². The Hall–Kier alpha value is 1.48. The SMILES string of the molecule is C=C[Si](C)(C)C.CCC[Si](C)(C)OC.CCC[Si](C)(C)OC.CCC[Si](C)(C)OC.CO[SiH](C)C.CO[Si](C)(C)C.CO[Si](C)(C)C.CO[Si](C)(C)C.CO[Si](C)(C)OC.CO[Si](C)(C)OC.[CH2+]O[Si](C)(C)OC. The Bertz CT molecular complexity index is 983. The Labute approximate surface area is 480 Å². The highest BCUT2D eigenvalue weighted by Gasteiger charge is 2.25. The molecule has 0 heterocycles. The standard InChI is InChI=1S/3C6H16OSi.C5H12Si.2C4H12O2Si.C4H11O2Si.3C4H12OSi.C3H10OSi/c3*1-5-6-8(3,4)7-2;1-5-6(2,3)4;3*1-5-7(3,4)6-2;3*1-5-6(2,3)4;1-4-5(2)3/h3*5-6H2,1-4H3;5H,1H2,2-4H3;2*1-4H3;1H2,2-4H3;3*1-4H3;5H,1-3H3/q;;;;;;+1;;;;. The summed E-state index contributed by atoms with van der Waals surface area (Å²) >= 11 is 0. The van der Waals surface area contributed by atoms with Gasteiger partial charge in [-0.25, -0.2) is 4.43 Å². The van der Waals surface area contributed by atoms with E-state index in [2.05, 4.69) is 171 Å². The summed E-state index contributed by atoms with van der Waals surface area (Å²) in [5.74, 6) is 0. The lowest BCUT2D eigenvalue weighted by Crippen LogP contribution is -2.31. The molecule has 0 N–H and O–H groups in total. The second-order valence-corrected chi connectivity index (χ2v) is 69.9. The van der Waals surface area contributed by atoms with Crippen molar-refractivity contribution in [3.63, 3.8) is 0 Å². The fraction of sp³-hybridized carbons (Fsp3) is 0.940. The molecule has 0 fully saturated rings. The molecule has 0 aliphatic carbocycles. The van der Waals surface area contributed by atoms with E-state index in [0.717, 1.165) is 0 Å². The van der Waals surface area contributed by atoms with Gasteiger partial charge in [0.05, 0.1) is 8.07 Å². The van der Waals surface area contributed by atoms with Crippen molar-refractivity contribution in [2.75, 3.05) is 85.3 Å². The fourth-order valence-corrected chi connectivity index (χ4v) is 7.01. The summed E-state index contributed by atoms with van der Waals surface area (Å²) in [7, 11) is 10.6. The monoisotopic (exact) mass is 1260 g/mol. The zero-order valence-electron chi connectivity index (χ0n) is 58.1. The maximum Gasteiger partial charge on any atom is 0.391 e. The van der Waals surface area contributed by atoms with Gasteiger partial charge in [0.2, 0.25) is 7.11 Å². The van der Waals surface area contributed by atoms with Gasteiger partial charge in [-0.05, 0) is 169 Å². The van der Waals surface area contributed by atoms with Crippen molar-refractivity contribution in [1.82, 2.24) is 0 Å². The van der Waals surface area contributed by atoms with E-state index in [4.69, 9.17) is 57.5 Å². The highest BCUT2D eigenvalue weighted by molar-refractivity contribution is 6.80. The van der Waals surface area contributed by atoms with Gasteiger partial charge in [0.25, 0.3) is 0 Å². The van der Waals surface area contributed by atoms with Crippen LogP contribution in [-0.4, -0.2) is 178 Å². The molecule has 0 atom stereocenters. The molecular formula is C50H141O13Si11+. The highest BCUT2D eigenvalue weighted by Crippen LogP contribution is 2.12. The highest BCUT2D eigenvalue weighted by atomic mass is 28.4. The van der Waals surface area contributed by atoms with Crippen molar-refractivity contribution in [3.05, 3.63) is 19.4 Å².